The number of nitrogens with zero attached hydrogens (tertiary/aromatic N) is 1. The van der Waals surface area contributed by atoms with E-state index in [-0.39, 0.29) is 5.60 Å². The smallest absolute Gasteiger partial charge is 0.123 e. The summed E-state index contributed by atoms with van der Waals surface area (Å²) in [5.74, 6) is 0.994. The monoisotopic (exact) mass is 325 g/mol. The first-order valence-corrected chi connectivity index (χ1v) is 7.80. The fourth-order valence-corrected chi connectivity index (χ4v) is 3.22. The zero-order valence-corrected chi connectivity index (χ0v) is 12.7. The zero-order chi connectivity index (χ0) is 13.3. The summed E-state index contributed by atoms with van der Waals surface area (Å²) in [5.41, 5.74) is 0.847. The van der Waals surface area contributed by atoms with Crippen molar-refractivity contribution >= 4 is 15.9 Å². The molecule has 0 atom stereocenters. The Morgan fingerprint density at radius 3 is 2.95 bits per heavy atom. The van der Waals surface area contributed by atoms with Crippen molar-refractivity contribution in [2.24, 2.45) is 0 Å². The molecular weight excluding hydrogens is 306 g/mol. The van der Waals surface area contributed by atoms with Gasteiger partial charge in [-0.1, -0.05) is 15.9 Å². The van der Waals surface area contributed by atoms with E-state index in [1.807, 2.05) is 12.1 Å². The molecule has 0 saturated heterocycles. The molecule has 0 aromatic heterocycles. The number of hydrogen-bond acceptors (Lipinski definition) is 3. The minimum absolute atomic E-state index is 0.382. The summed E-state index contributed by atoms with van der Waals surface area (Å²) in [7, 11) is 0. The summed E-state index contributed by atoms with van der Waals surface area (Å²) >= 11 is 3.51. The molecule has 0 spiro atoms. The second kappa shape index (κ2) is 5.43. The SMILES string of the molecule is OC1(CCN2CCOc3ccc(Br)cc3C2)CCC1. The molecule has 1 aromatic rings. The minimum Gasteiger partial charge on any atom is -0.492 e. The van der Waals surface area contributed by atoms with Gasteiger partial charge < -0.3 is 9.84 Å². The summed E-state index contributed by atoms with van der Waals surface area (Å²) in [4.78, 5) is 2.38. The Hall–Kier alpha value is -0.580. The lowest BCUT2D eigenvalue weighted by molar-refractivity contribution is -0.0469. The van der Waals surface area contributed by atoms with Gasteiger partial charge >= 0.3 is 0 Å². The number of rotatable bonds is 3. The quantitative estimate of drug-likeness (QED) is 0.927. The van der Waals surface area contributed by atoms with Gasteiger partial charge in [-0.3, -0.25) is 4.90 Å². The van der Waals surface area contributed by atoms with E-state index in [1.165, 1.54) is 12.0 Å². The van der Waals surface area contributed by atoms with Crippen LogP contribution in [0.15, 0.2) is 22.7 Å². The van der Waals surface area contributed by atoms with Gasteiger partial charge in [-0.05, 0) is 43.9 Å². The predicted molar refractivity (Wildman–Crippen MR) is 78.3 cm³/mol. The topological polar surface area (TPSA) is 32.7 Å². The third-order valence-corrected chi connectivity index (χ3v) is 4.75. The van der Waals surface area contributed by atoms with Gasteiger partial charge in [0, 0.05) is 29.7 Å². The van der Waals surface area contributed by atoms with E-state index in [9.17, 15) is 5.11 Å². The summed E-state index contributed by atoms with van der Waals surface area (Å²) in [6, 6.07) is 6.18. The summed E-state index contributed by atoms with van der Waals surface area (Å²) in [6.07, 6.45) is 4.00. The van der Waals surface area contributed by atoms with Crippen molar-refractivity contribution in [2.75, 3.05) is 19.7 Å². The first-order valence-electron chi connectivity index (χ1n) is 7.01. The highest BCUT2D eigenvalue weighted by Crippen LogP contribution is 2.35. The number of aliphatic hydroxyl groups is 1. The molecule has 4 heteroatoms. The van der Waals surface area contributed by atoms with Gasteiger partial charge in [0.05, 0.1) is 5.60 Å². The molecule has 2 aliphatic rings. The second-order valence-electron chi connectivity index (χ2n) is 5.70. The zero-order valence-electron chi connectivity index (χ0n) is 11.1. The molecule has 1 aliphatic carbocycles. The van der Waals surface area contributed by atoms with E-state index in [1.54, 1.807) is 0 Å². The standard InChI is InChI=1S/C15H20BrNO2/c16-13-2-3-14-12(10-13)11-17(8-9-19-14)7-6-15(18)4-1-5-15/h2-3,10,18H,1,4-9,11H2. The van der Waals surface area contributed by atoms with Gasteiger partial charge in [0.15, 0.2) is 0 Å². The average Bonchev–Trinajstić information content (AvgIpc) is 2.55. The third-order valence-electron chi connectivity index (χ3n) is 4.26. The Bertz CT molecular complexity index is 459. The maximum absolute atomic E-state index is 10.2. The lowest BCUT2D eigenvalue weighted by atomic mass is 9.78. The minimum atomic E-state index is -0.382. The molecule has 0 bridgehead atoms. The Morgan fingerprint density at radius 2 is 2.21 bits per heavy atom. The number of hydrogen-bond donors (Lipinski definition) is 1. The molecule has 1 aromatic carbocycles. The summed E-state index contributed by atoms with van der Waals surface area (Å²) < 4.78 is 6.87. The van der Waals surface area contributed by atoms with Crippen LogP contribution in [-0.2, 0) is 6.54 Å². The van der Waals surface area contributed by atoms with Gasteiger partial charge in [-0.2, -0.15) is 0 Å². The van der Waals surface area contributed by atoms with Gasteiger partial charge in [-0.15, -0.1) is 0 Å². The van der Waals surface area contributed by atoms with Gasteiger partial charge in [0.1, 0.15) is 12.4 Å². The van der Waals surface area contributed by atoms with E-state index in [0.717, 1.165) is 55.7 Å². The normalized spacial score (nSPS) is 22.0. The van der Waals surface area contributed by atoms with Crippen molar-refractivity contribution in [3.63, 3.8) is 0 Å². The predicted octanol–water partition coefficient (Wildman–Crippen LogP) is 2.95. The molecule has 3 nitrogen and oxygen atoms in total. The molecule has 1 aliphatic heterocycles. The molecule has 1 fully saturated rings. The van der Waals surface area contributed by atoms with Crippen molar-refractivity contribution in [1.29, 1.82) is 0 Å². The van der Waals surface area contributed by atoms with Gasteiger partial charge in [-0.25, -0.2) is 0 Å². The fraction of sp³-hybridized carbons (Fsp3) is 0.600. The van der Waals surface area contributed by atoms with Crippen LogP contribution < -0.4 is 4.74 Å². The molecule has 19 heavy (non-hydrogen) atoms. The molecule has 0 unspecified atom stereocenters. The first kappa shape index (κ1) is 13.4. The van der Waals surface area contributed by atoms with Crippen LogP contribution in [0.3, 0.4) is 0 Å². The average molecular weight is 326 g/mol. The van der Waals surface area contributed by atoms with Crippen molar-refractivity contribution in [3.05, 3.63) is 28.2 Å². The van der Waals surface area contributed by atoms with Crippen molar-refractivity contribution < 1.29 is 9.84 Å². The molecular formula is C15H20BrNO2. The Balaban J connectivity index is 1.64. The second-order valence-corrected chi connectivity index (χ2v) is 6.62. The molecule has 0 radical (unpaired) electrons. The van der Waals surface area contributed by atoms with E-state index < -0.39 is 0 Å². The van der Waals surface area contributed by atoms with E-state index in [4.69, 9.17) is 4.74 Å². The van der Waals surface area contributed by atoms with Gasteiger partial charge in [0.2, 0.25) is 0 Å². The van der Waals surface area contributed by atoms with E-state index >= 15 is 0 Å². The van der Waals surface area contributed by atoms with Crippen LogP contribution in [-0.4, -0.2) is 35.3 Å². The van der Waals surface area contributed by atoms with Crippen LogP contribution in [0.1, 0.15) is 31.2 Å². The van der Waals surface area contributed by atoms with Crippen LogP contribution in [0.4, 0.5) is 0 Å². The highest BCUT2D eigenvalue weighted by atomic mass is 79.9. The highest BCUT2D eigenvalue weighted by Gasteiger charge is 2.34. The third kappa shape index (κ3) is 3.12. The van der Waals surface area contributed by atoms with Crippen LogP contribution in [0.25, 0.3) is 0 Å². The number of benzene rings is 1. The largest absolute Gasteiger partial charge is 0.492 e. The molecule has 1 heterocycles. The Kier molecular flexibility index (Phi) is 3.83. The van der Waals surface area contributed by atoms with Crippen LogP contribution in [0, 0.1) is 0 Å². The lowest BCUT2D eigenvalue weighted by Gasteiger charge is -2.38. The Labute approximate surface area is 122 Å². The van der Waals surface area contributed by atoms with Crippen molar-refractivity contribution in [1.82, 2.24) is 4.90 Å². The first-order chi connectivity index (χ1) is 9.15. The molecule has 1 N–H and O–H groups in total. The maximum atomic E-state index is 10.2. The Morgan fingerprint density at radius 1 is 1.37 bits per heavy atom. The molecule has 0 amide bonds. The molecule has 3 rings (SSSR count). The number of halogens is 1. The van der Waals surface area contributed by atoms with E-state index in [0.29, 0.717) is 0 Å². The number of fused-ring (bicyclic) bond motifs is 1. The summed E-state index contributed by atoms with van der Waals surface area (Å²) in [6.45, 7) is 3.52. The van der Waals surface area contributed by atoms with Crippen LogP contribution in [0.5, 0.6) is 5.75 Å². The van der Waals surface area contributed by atoms with Crippen molar-refractivity contribution in [3.8, 4) is 5.75 Å². The van der Waals surface area contributed by atoms with E-state index in [2.05, 4.69) is 26.9 Å². The van der Waals surface area contributed by atoms with Crippen LogP contribution >= 0.6 is 15.9 Å². The number of ether oxygens (including phenoxy) is 1. The fourth-order valence-electron chi connectivity index (χ4n) is 2.81. The molecule has 1 saturated carbocycles. The van der Waals surface area contributed by atoms with Crippen LogP contribution in [0.2, 0.25) is 0 Å². The maximum Gasteiger partial charge on any atom is 0.123 e. The lowest BCUT2D eigenvalue weighted by Crippen LogP contribution is -2.40. The van der Waals surface area contributed by atoms with Gasteiger partial charge in [0.25, 0.3) is 0 Å². The summed E-state index contributed by atoms with van der Waals surface area (Å²) in [5, 5.41) is 10.2. The highest BCUT2D eigenvalue weighted by molar-refractivity contribution is 9.10. The van der Waals surface area contributed by atoms with Crippen molar-refractivity contribution in [2.45, 2.75) is 37.8 Å². The molecule has 104 valence electrons.